The highest BCUT2D eigenvalue weighted by molar-refractivity contribution is 6.31. The molecule has 0 saturated carbocycles. The van der Waals surface area contributed by atoms with Crippen LogP contribution >= 0.6 is 11.6 Å². The van der Waals surface area contributed by atoms with Crippen molar-refractivity contribution < 1.29 is 19.1 Å². The van der Waals surface area contributed by atoms with Crippen LogP contribution in [-0.4, -0.2) is 25.2 Å². The normalized spacial score (nSPS) is 10.7. The van der Waals surface area contributed by atoms with Crippen molar-refractivity contribution in [2.75, 3.05) is 13.2 Å². The lowest BCUT2D eigenvalue weighted by Gasteiger charge is -2.11. The van der Waals surface area contributed by atoms with Crippen LogP contribution in [0, 0.1) is 5.92 Å². The van der Waals surface area contributed by atoms with Gasteiger partial charge in [0.15, 0.2) is 0 Å². The molecular formula is C18H25ClO4. The SMILES string of the molecule is CCCCOC(=O)c1cc(Cl)ccc1C(=O)OCCCC(C)C. The predicted octanol–water partition coefficient (Wildman–Crippen LogP) is 4.89. The van der Waals surface area contributed by atoms with E-state index in [1.807, 2.05) is 6.92 Å². The van der Waals surface area contributed by atoms with Gasteiger partial charge in [0.2, 0.25) is 0 Å². The molecule has 0 radical (unpaired) electrons. The molecule has 0 atom stereocenters. The highest BCUT2D eigenvalue weighted by Gasteiger charge is 2.20. The summed E-state index contributed by atoms with van der Waals surface area (Å²) < 4.78 is 10.4. The number of halogens is 1. The summed E-state index contributed by atoms with van der Waals surface area (Å²) >= 11 is 5.93. The Bertz CT molecular complexity index is 526. The molecule has 0 spiro atoms. The molecule has 5 heteroatoms. The third kappa shape index (κ3) is 7.04. The number of rotatable bonds is 9. The maximum Gasteiger partial charge on any atom is 0.339 e. The average Bonchev–Trinajstić information content (AvgIpc) is 2.51. The van der Waals surface area contributed by atoms with Crippen LogP contribution < -0.4 is 0 Å². The Kier molecular flexibility index (Phi) is 8.70. The van der Waals surface area contributed by atoms with Crippen LogP contribution in [0.3, 0.4) is 0 Å². The van der Waals surface area contributed by atoms with E-state index in [1.54, 1.807) is 6.07 Å². The van der Waals surface area contributed by atoms with Gasteiger partial charge in [0.1, 0.15) is 0 Å². The van der Waals surface area contributed by atoms with E-state index in [4.69, 9.17) is 21.1 Å². The summed E-state index contributed by atoms with van der Waals surface area (Å²) in [6, 6.07) is 4.51. The van der Waals surface area contributed by atoms with Crippen molar-refractivity contribution >= 4 is 23.5 Å². The van der Waals surface area contributed by atoms with Crippen LogP contribution in [0.15, 0.2) is 18.2 Å². The molecule has 0 amide bonds. The Labute approximate surface area is 143 Å². The van der Waals surface area contributed by atoms with Crippen molar-refractivity contribution in [3.8, 4) is 0 Å². The van der Waals surface area contributed by atoms with E-state index in [-0.39, 0.29) is 11.1 Å². The molecule has 0 aliphatic rings. The molecule has 0 aromatic heterocycles. The quantitative estimate of drug-likeness (QED) is 0.474. The van der Waals surface area contributed by atoms with Gasteiger partial charge in [0, 0.05) is 5.02 Å². The number of unbranched alkanes of at least 4 members (excludes halogenated alkanes) is 1. The molecule has 1 aromatic rings. The lowest BCUT2D eigenvalue weighted by atomic mass is 10.1. The van der Waals surface area contributed by atoms with E-state index in [0.29, 0.717) is 24.2 Å². The molecule has 0 saturated heterocycles. The Balaban J connectivity index is 2.73. The summed E-state index contributed by atoms with van der Waals surface area (Å²) in [5.41, 5.74) is 0.350. The van der Waals surface area contributed by atoms with E-state index in [0.717, 1.165) is 25.7 Å². The second-order valence-electron chi connectivity index (χ2n) is 5.85. The van der Waals surface area contributed by atoms with Crippen LogP contribution in [-0.2, 0) is 9.47 Å². The fraction of sp³-hybridized carbons (Fsp3) is 0.556. The molecule has 1 aromatic carbocycles. The van der Waals surface area contributed by atoms with Crippen LogP contribution in [0.2, 0.25) is 5.02 Å². The largest absolute Gasteiger partial charge is 0.462 e. The first-order chi connectivity index (χ1) is 11.0. The van der Waals surface area contributed by atoms with Crippen LogP contribution in [0.4, 0.5) is 0 Å². The summed E-state index contributed by atoms with van der Waals surface area (Å²) in [7, 11) is 0. The van der Waals surface area contributed by atoms with E-state index >= 15 is 0 Å². The molecule has 4 nitrogen and oxygen atoms in total. The Morgan fingerprint density at radius 2 is 1.65 bits per heavy atom. The smallest absolute Gasteiger partial charge is 0.339 e. The molecule has 0 aliphatic carbocycles. The van der Waals surface area contributed by atoms with Crippen LogP contribution in [0.25, 0.3) is 0 Å². The topological polar surface area (TPSA) is 52.6 Å². The Morgan fingerprint density at radius 1 is 1.04 bits per heavy atom. The average molecular weight is 341 g/mol. The Morgan fingerprint density at radius 3 is 2.26 bits per heavy atom. The van der Waals surface area contributed by atoms with Crippen molar-refractivity contribution in [2.24, 2.45) is 5.92 Å². The zero-order valence-electron chi connectivity index (χ0n) is 14.1. The first-order valence-electron chi connectivity index (χ1n) is 8.09. The van der Waals surface area contributed by atoms with Gasteiger partial charge >= 0.3 is 11.9 Å². The summed E-state index contributed by atoms with van der Waals surface area (Å²) in [6.45, 7) is 6.90. The monoisotopic (exact) mass is 340 g/mol. The highest BCUT2D eigenvalue weighted by atomic mass is 35.5. The fourth-order valence-corrected chi connectivity index (χ4v) is 2.16. The molecular weight excluding hydrogens is 316 g/mol. The van der Waals surface area contributed by atoms with E-state index < -0.39 is 11.9 Å². The molecule has 128 valence electrons. The standard InChI is InChI=1S/C18H25ClO4/c1-4-5-10-22-18(21)16-12-14(19)8-9-15(16)17(20)23-11-6-7-13(2)3/h8-9,12-13H,4-7,10-11H2,1-3H3. The van der Waals surface area contributed by atoms with Crippen molar-refractivity contribution in [3.05, 3.63) is 34.3 Å². The molecule has 23 heavy (non-hydrogen) atoms. The van der Waals surface area contributed by atoms with Crippen molar-refractivity contribution in [3.63, 3.8) is 0 Å². The lowest BCUT2D eigenvalue weighted by Crippen LogP contribution is -2.15. The number of ether oxygens (including phenoxy) is 2. The molecule has 0 unspecified atom stereocenters. The zero-order chi connectivity index (χ0) is 17.2. The number of carbonyl (C=O) groups excluding carboxylic acids is 2. The predicted molar refractivity (Wildman–Crippen MR) is 91.0 cm³/mol. The van der Waals surface area contributed by atoms with Gasteiger partial charge in [-0.1, -0.05) is 38.8 Å². The zero-order valence-corrected chi connectivity index (χ0v) is 14.8. The number of hydrogen-bond donors (Lipinski definition) is 0. The maximum absolute atomic E-state index is 12.2. The van der Waals surface area contributed by atoms with Gasteiger partial charge in [-0.15, -0.1) is 0 Å². The second-order valence-corrected chi connectivity index (χ2v) is 6.29. The van der Waals surface area contributed by atoms with Gasteiger partial charge < -0.3 is 9.47 Å². The van der Waals surface area contributed by atoms with Crippen molar-refractivity contribution in [1.29, 1.82) is 0 Å². The highest BCUT2D eigenvalue weighted by Crippen LogP contribution is 2.19. The van der Waals surface area contributed by atoms with Gasteiger partial charge in [-0.25, -0.2) is 9.59 Å². The minimum atomic E-state index is -0.546. The maximum atomic E-state index is 12.2. The number of hydrogen-bond acceptors (Lipinski definition) is 4. The third-order valence-electron chi connectivity index (χ3n) is 3.31. The van der Waals surface area contributed by atoms with Crippen LogP contribution in [0.5, 0.6) is 0 Å². The summed E-state index contributed by atoms with van der Waals surface area (Å²) in [6.07, 6.45) is 3.49. The summed E-state index contributed by atoms with van der Waals surface area (Å²) in [4.78, 5) is 24.3. The molecule has 0 bridgehead atoms. The van der Waals surface area contributed by atoms with Crippen molar-refractivity contribution in [1.82, 2.24) is 0 Å². The van der Waals surface area contributed by atoms with Gasteiger partial charge in [-0.05, 0) is 43.4 Å². The summed E-state index contributed by atoms with van der Waals surface area (Å²) in [5.74, 6) is -0.503. The molecule has 0 aliphatic heterocycles. The van der Waals surface area contributed by atoms with Gasteiger partial charge in [0.05, 0.1) is 24.3 Å². The first kappa shape index (κ1) is 19.5. The Hall–Kier alpha value is -1.55. The minimum absolute atomic E-state index is 0.155. The van der Waals surface area contributed by atoms with E-state index in [1.165, 1.54) is 12.1 Å². The molecule has 0 N–H and O–H groups in total. The van der Waals surface area contributed by atoms with Crippen LogP contribution in [0.1, 0.15) is 67.2 Å². The second kappa shape index (κ2) is 10.3. The third-order valence-corrected chi connectivity index (χ3v) is 3.55. The molecule has 0 fully saturated rings. The lowest BCUT2D eigenvalue weighted by molar-refractivity contribution is 0.0450. The van der Waals surface area contributed by atoms with Gasteiger partial charge in [-0.2, -0.15) is 0 Å². The van der Waals surface area contributed by atoms with Gasteiger partial charge in [0.25, 0.3) is 0 Å². The first-order valence-corrected chi connectivity index (χ1v) is 8.47. The number of carbonyl (C=O) groups is 2. The summed E-state index contributed by atoms with van der Waals surface area (Å²) in [5, 5.41) is 0.379. The molecule has 1 rings (SSSR count). The van der Waals surface area contributed by atoms with Crippen molar-refractivity contribution in [2.45, 2.75) is 46.5 Å². The van der Waals surface area contributed by atoms with Gasteiger partial charge in [-0.3, -0.25) is 0 Å². The number of benzene rings is 1. The van der Waals surface area contributed by atoms with E-state index in [2.05, 4.69) is 13.8 Å². The van der Waals surface area contributed by atoms with E-state index in [9.17, 15) is 9.59 Å². The fourth-order valence-electron chi connectivity index (χ4n) is 1.98. The number of esters is 2. The minimum Gasteiger partial charge on any atom is -0.462 e. The molecule has 0 heterocycles.